The molecule has 0 amide bonds. The van der Waals surface area contributed by atoms with E-state index in [0.29, 0.717) is 11.8 Å². The van der Waals surface area contributed by atoms with E-state index in [1.54, 1.807) is 11.1 Å². The smallest absolute Gasteiger partial charge is 0.00209 e. The quantitative estimate of drug-likeness (QED) is 0.580. The number of rotatable bonds is 1. The van der Waals surface area contributed by atoms with E-state index >= 15 is 0 Å². The van der Waals surface area contributed by atoms with Gasteiger partial charge >= 0.3 is 0 Å². The van der Waals surface area contributed by atoms with Gasteiger partial charge in [-0.05, 0) is 38.2 Å². The van der Waals surface area contributed by atoms with E-state index in [2.05, 4.69) is 50.3 Å². The average molecular weight is 186 g/mol. The summed E-state index contributed by atoms with van der Waals surface area (Å²) in [6, 6.07) is 0. The molecule has 0 aromatic rings. The number of fused-ring (bicyclic) bond motifs is 2. The van der Waals surface area contributed by atoms with Crippen molar-refractivity contribution < 1.29 is 0 Å². The molecule has 2 bridgehead atoms. The van der Waals surface area contributed by atoms with Gasteiger partial charge in [0.1, 0.15) is 0 Å². The maximum atomic E-state index is 2.34. The highest BCUT2D eigenvalue weighted by molar-refractivity contribution is 5.37. The lowest BCUT2D eigenvalue weighted by molar-refractivity contribution is 0.518. The van der Waals surface area contributed by atoms with Crippen molar-refractivity contribution in [2.75, 3.05) is 0 Å². The van der Waals surface area contributed by atoms with Crippen molar-refractivity contribution in [3.05, 3.63) is 47.6 Å². The second-order valence-corrected chi connectivity index (χ2v) is 4.20. The lowest BCUT2D eigenvalue weighted by atomic mass is 9.75. The number of allylic oxidation sites excluding steroid dienone is 8. The molecule has 0 heterocycles. The minimum atomic E-state index is 0.660. The lowest BCUT2D eigenvalue weighted by Crippen LogP contribution is -2.16. The molecule has 14 heavy (non-hydrogen) atoms. The van der Waals surface area contributed by atoms with Gasteiger partial charge in [0.25, 0.3) is 0 Å². The van der Waals surface area contributed by atoms with E-state index in [1.807, 2.05) is 0 Å². The second kappa shape index (κ2) is 4.00. The Kier molecular flexibility index (Phi) is 2.72. The monoisotopic (exact) mass is 186 g/mol. The molecule has 0 aromatic heterocycles. The summed E-state index contributed by atoms with van der Waals surface area (Å²) in [5, 5.41) is 0. The van der Waals surface area contributed by atoms with Crippen LogP contribution in [0.4, 0.5) is 0 Å². The Balaban J connectivity index is 2.45. The third-order valence-corrected chi connectivity index (χ3v) is 3.34. The zero-order valence-electron chi connectivity index (χ0n) is 9.03. The molecule has 3 rings (SSSR count). The predicted molar refractivity (Wildman–Crippen MR) is 62.0 cm³/mol. The molecular weight excluding hydrogens is 168 g/mol. The second-order valence-electron chi connectivity index (χ2n) is 4.20. The summed E-state index contributed by atoms with van der Waals surface area (Å²) >= 11 is 0. The van der Waals surface area contributed by atoms with Gasteiger partial charge in [0.2, 0.25) is 0 Å². The molecule has 2 unspecified atom stereocenters. The fourth-order valence-corrected chi connectivity index (χ4v) is 2.51. The van der Waals surface area contributed by atoms with Crippen LogP contribution in [0.25, 0.3) is 0 Å². The fourth-order valence-electron chi connectivity index (χ4n) is 2.51. The standard InChI is InChI=1S/C14H18/c1-3-6-14-11(2)12-7-4-5-8-13(14)10-9-12/h3-8,12-13H,9-10H2,1-2H3/b6-3-,7-4?,8-5?. The summed E-state index contributed by atoms with van der Waals surface area (Å²) < 4.78 is 0. The van der Waals surface area contributed by atoms with Gasteiger partial charge in [-0.3, -0.25) is 0 Å². The molecule has 0 radical (unpaired) electrons. The van der Waals surface area contributed by atoms with Crippen LogP contribution >= 0.6 is 0 Å². The topological polar surface area (TPSA) is 0 Å². The molecule has 0 saturated heterocycles. The lowest BCUT2D eigenvalue weighted by Gasteiger charge is -2.29. The van der Waals surface area contributed by atoms with Crippen LogP contribution in [0, 0.1) is 11.8 Å². The third-order valence-electron chi connectivity index (χ3n) is 3.34. The minimum Gasteiger partial charge on any atom is -0.0874 e. The molecule has 0 aliphatic heterocycles. The molecule has 3 aliphatic rings. The van der Waals surface area contributed by atoms with Gasteiger partial charge in [0.05, 0.1) is 0 Å². The SMILES string of the molecule is C/C=C\C1=C(C)C2C=CC=CC1CC2. The number of hydrogen-bond donors (Lipinski definition) is 0. The molecule has 0 nitrogen and oxygen atoms in total. The van der Waals surface area contributed by atoms with Crippen molar-refractivity contribution in [3.8, 4) is 0 Å². The van der Waals surface area contributed by atoms with Crippen molar-refractivity contribution in [3.63, 3.8) is 0 Å². The van der Waals surface area contributed by atoms with Gasteiger partial charge in [0, 0.05) is 5.92 Å². The van der Waals surface area contributed by atoms with E-state index in [1.165, 1.54) is 12.8 Å². The van der Waals surface area contributed by atoms with Crippen molar-refractivity contribution in [1.82, 2.24) is 0 Å². The Morgan fingerprint density at radius 3 is 2.50 bits per heavy atom. The van der Waals surface area contributed by atoms with Crippen LogP contribution in [-0.2, 0) is 0 Å². The van der Waals surface area contributed by atoms with Crippen LogP contribution in [0.3, 0.4) is 0 Å². The summed E-state index contributed by atoms with van der Waals surface area (Å²) in [6.07, 6.45) is 16.2. The van der Waals surface area contributed by atoms with Gasteiger partial charge in [0.15, 0.2) is 0 Å². The molecule has 0 N–H and O–H groups in total. The molecule has 0 spiro atoms. The Labute approximate surface area is 86.7 Å². The first-order valence-electron chi connectivity index (χ1n) is 5.51. The van der Waals surface area contributed by atoms with E-state index in [0.717, 1.165) is 0 Å². The van der Waals surface area contributed by atoms with E-state index in [4.69, 9.17) is 0 Å². The van der Waals surface area contributed by atoms with Crippen LogP contribution < -0.4 is 0 Å². The van der Waals surface area contributed by atoms with Gasteiger partial charge in [-0.15, -0.1) is 0 Å². The van der Waals surface area contributed by atoms with Crippen molar-refractivity contribution >= 4 is 0 Å². The molecule has 0 heteroatoms. The summed E-state index contributed by atoms with van der Waals surface area (Å²) in [5.41, 5.74) is 3.12. The van der Waals surface area contributed by atoms with E-state index < -0.39 is 0 Å². The molecule has 0 saturated carbocycles. The first kappa shape index (κ1) is 9.51. The predicted octanol–water partition coefficient (Wildman–Crippen LogP) is 4.03. The van der Waals surface area contributed by atoms with Gasteiger partial charge in [-0.25, -0.2) is 0 Å². The van der Waals surface area contributed by atoms with Gasteiger partial charge in [-0.1, -0.05) is 42.0 Å². The van der Waals surface area contributed by atoms with Crippen molar-refractivity contribution in [1.29, 1.82) is 0 Å². The normalized spacial score (nSPS) is 31.3. The summed E-state index contributed by atoms with van der Waals surface area (Å²) in [5.74, 6) is 1.34. The van der Waals surface area contributed by atoms with Gasteiger partial charge < -0.3 is 0 Å². The highest BCUT2D eigenvalue weighted by Crippen LogP contribution is 2.37. The Morgan fingerprint density at radius 1 is 1.14 bits per heavy atom. The molecule has 0 aromatic carbocycles. The maximum Gasteiger partial charge on any atom is 0.00209 e. The molecule has 74 valence electrons. The fraction of sp³-hybridized carbons (Fsp3) is 0.429. The Bertz CT molecular complexity index is 326. The number of hydrogen-bond acceptors (Lipinski definition) is 0. The largest absolute Gasteiger partial charge is 0.0874 e. The van der Waals surface area contributed by atoms with Crippen LogP contribution in [0.1, 0.15) is 26.7 Å². The first-order chi connectivity index (χ1) is 6.83. The first-order valence-corrected chi connectivity index (χ1v) is 5.51. The molecular formula is C14H18. The highest BCUT2D eigenvalue weighted by atomic mass is 14.3. The van der Waals surface area contributed by atoms with Crippen LogP contribution in [0.15, 0.2) is 47.6 Å². The van der Waals surface area contributed by atoms with E-state index in [9.17, 15) is 0 Å². The van der Waals surface area contributed by atoms with Crippen LogP contribution in [-0.4, -0.2) is 0 Å². The Morgan fingerprint density at radius 2 is 1.79 bits per heavy atom. The van der Waals surface area contributed by atoms with Crippen molar-refractivity contribution in [2.45, 2.75) is 26.7 Å². The zero-order valence-corrected chi connectivity index (χ0v) is 9.03. The zero-order chi connectivity index (χ0) is 9.97. The summed E-state index contributed by atoms with van der Waals surface area (Å²) in [4.78, 5) is 0. The highest BCUT2D eigenvalue weighted by Gasteiger charge is 2.23. The maximum absolute atomic E-state index is 2.34. The van der Waals surface area contributed by atoms with E-state index in [-0.39, 0.29) is 0 Å². The summed E-state index contributed by atoms with van der Waals surface area (Å²) in [7, 11) is 0. The van der Waals surface area contributed by atoms with Crippen molar-refractivity contribution in [2.24, 2.45) is 11.8 Å². The average Bonchev–Trinajstić information content (AvgIpc) is 2.13. The Hall–Kier alpha value is -1.04. The van der Waals surface area contributed by atoms with Gasteiger partial charge in [-0.2, -0.15) is 0 Å². The molecule has 3 aliphatic carbocycles. The molecule has 0 fully saturated rings. The van der Waals surface area contributed by atoms with Crippen LogP contribution in [0.5, 0.6) is 0 Å². The molecule has 2 atom stereocenters. The summed E-state index contributed by atoms with van der Waals surface area (Å²) in [6.45, 7) is 4.39. The van der Waals surface area contributed by atoms with Crippen LogP contribution in [0.2, 0.25) is 0 Å². The third kappa shape index (κ3) is 1.61. The minimum absolute atomic E-state index is 0.660.